The third-order valence-corrected chi connectivity index (χ3v) is 4.56. The van der Waals surface area contributed by atoms with Crippen molar-refractivity contribution in [2.45, 2.75) is 18.9 Å². The molecule has 108 valence electrons. The largest absolute Gasteiger partial charge is 0.382 e. The zero-order chi connectivity index (χ0) is 14.2. The number of rotatable bonds is 3. The van der Waals surface area contributed by atoms with Crippen molar-refractivity contribution in [2.75, 3.05) is 18.4 Å². The summed E-state index contributed by atoms with van der Waals surface area (Å²) in [4.78, 5) is 0. The first kappa shape index (κ1) is 13.3. The lowest BCUT2D eigenvalue weighted by atomic mass is 10.1. The van der Waals surface area contributed by atoms with Gasteiger partial charge in [0.15, 0.2) is 0 Å². The molecule has 2 aromatic rings. The number of benzene rings is 1. The van der Waals surface area contributed by atoms with Gasteiger partial charge in [0.2, 0.25) is 0 Å². The van der Waals surface area contributed by atoms with Crippen molar-refractivity contribution in [3.63, 3.8) is 0 Å². The first-order valence-electron chi connectivity index (χ1n) is 6.42. The molecule has 1 aliphatic heterocycles. The summed E-state index contributed by atoms with van der Waals surface area (Å²) in [5.74, 6) is 0. The van der Waals surface area contributed by atoms with Crippen molar-refractivity contribution in [1.29, 1.82) is 0 Å². The highest BCUT2D eigenvalue weighted by molar-refractivity contribution is 7.83. The Morgan fingerprint density at radius 1 is 1.35 bits per heavy atom. The van der Waals surface area contributed by atoms with E-state index >= 15 is 0 Å². The highest BCUT2D eigenvalue weighted by Crippen LogP contribution is 2.21. The Balaban J connectivity index is 1.64. The minimum absolute atomic E-state index is 0.150. The summed E-state index contributed by atoms with van der Waals surface area (Å²) in [6, 6.07) is 6.01. The zero-order valence-corrected chi connectivity index (χ0v) is 11.5. The van der Waals surface area contributed by atoms with Gasteiger partial charge in [0.05, 0.1) is 11.7 Å². The molecule has 1 fully saturated rings. The summed E-state index contributed by atoms with van der Waals surface area (Å²) in [5, 5.41) is 11.2. The van der Waals surface area contributed by atoms with Crippen LogP contribution in [0.3, 0.4) is 0 Å². The van der Waals surface area contributed by atoms with Gasteiger partial charge in [0.1, 0.15) is 0 Å². The van der Waals surface area contributed by atoms with Crippen molar-refractivity contribution >= 4 is 27.0 Å². The van der Waals surface area contributed by atoms with Gasteiger partial charge < -0.3 is 5.32 Å². The number of piperidine rings is 1. The Kier molecular flexibility index (Phi) is 3.35. The molecule has 2 N–H and O–H groups in total. The Bertz CT molecular complexity index is 707. The molecule has 2 heterocycles. The van der Waals surface area contributed by atoms with E-state index in [2.05, 4.69) is 15.5 Å². The molecule has 20 heavy (non-hydrogen) atoms. The summed E-state index contributed by atoms with van der Waals surface area (Å²) in [6.45, 7) is 0.426. The third-order valence-electron chi connectivity index (χ3n) is 3.57. The average Bonchev–Trinajstić information content (AvgIpc) is 2.86. The lowest BCUT2D eigenvalue weighted by Crippen LogP contribution is -2.40. The molecule has 1 aliphatic rings. The number of hydrogen-bond donors (Lipinski definition) is 2. The molecule has 0 saturated carbocycles. The molecule has 1 saturated heterocycles. The first-order valence-corrected chi connectivity index (χ1v) is 7.76. The molecule has 3 rings (SSSR count). The molecular weight excluding hydrogens is 283 g/mol. The fourth-order valence-electron chi connectivity index (χ4n) is 2.49. The van der Waals surface area contributed by atoms with E-state index in [1.54, 1.807) is 6.20 Å². The molecule has 1 aromatic heterocycles. The summed E-state index contributed by atoms with van der Waals surface area (Å²) in [5.41, 5.74) is 1.93. The van der Waals surface area contributed by atoms with Crippen molar-refractivity contribution in [3.05, 3.63) is 24.4 Å². The van der Waals surface area contributed by atoms with Crippen LogP contribution in [0.5, 0.6) is 0 Å². The van der Waals surface area contributed by atoms with Crippen LogP contribution in [-0.2, 0) is 10.4 Å². The van der Waals surface area contributed by atoms with Gasteiger partial charge in [0, 0.05) is 30.2 Å². The standard InChI is InChI=1S/C12H15FN4O2S/c13-20(18,19)17-5-3-10(4-6-17)15-11-1-2-12-9(7-11)8-14-16-12/h1-2,7-8,10,15H,3-6H2,(H,14,16). The second-order valence-corrected chi connectivity index (χ2v) is 6.27. The van der Waals surface area contributed by atoms with E-state index < -0.39 is 10.4 Å². The Labute approximate surface area is 116 Å². The number of nitrogens with zero attached hydrogens (tertiary/aromatic N) is 2. The number of aromatic amines is 1. The Morgan fingerprint density at radius 3 is 2.80 bits per heavy atom. The monoisotopic (exact) mass is 298 g/mol. The van der Waals surface area contributed by atoms with E-state index in [1.807, 2.05) is 18.2 Å². The summed E-state index contributed by atoms with van der Waals surface area (Å²) >= 11 is 0. The van der Waals surface area contributed by atoms with E-state index in [9.17, 15) is 12.3 Å². The Morgan fingerprint density at radius 2 is 2.10 bits per heavy atom. The van der Waals surface area contributed by atoms with Crippen LogP contribution in [0, 0.1) is 0 Å². The molecule has 0 unspecified atom stereocenters. The highest BCUT2D eigenvalue weighted by Gasteiger charge is 2.27. The van der Waals surface area contributed by atoms with E-state index in [4.69, 9.17) is 0 Å². The molecule has 0 spiro atoms. The number of anilines is 1. The van der Waals surface area contributed by atoms with Gasteiger partial charge in [-0.2, -0.15) is 17.8 Å². The molecule has 8 heteroatoms. The normalized spacial score (nSPS) is 18.4. The fourth-order valence-corrected chi connectivity index (χ4v) is 3.13. The van der Waals surface area contributed by atoms with Crippen LogP contribution in [0.2, 0.25) is 0 Å². The van der Waals surface area contributed by atoms with Gasteiger partial charge in [-0.25, -0.2) is 0 Å². The van der Waals surface area contributed by atoms with Crippen molar-refractivity contribution < 1.29 is 12.3 Å². The molecule has 0 atom stereocenters. The van der Waals surface area contributed by atoms with Crippen molar-refractivity contribution in [2.24, 2.45) is 0 Å². The van der Waals surface area contributed by atoms with E-state index in [0.29, 0.717) is 12.8 Å². The number of H-pyrrole nitrogens is 1. The number of nitrogens with one attached hydrogen (secondary N) is 2. The quantitative estimate of drug-likeness (QED) is 0.845. The maximum Gasteiger partial charge on any atom is 0.374 e. The van der Waals surface area contributed by atoms with Gasteiger partial charge in [0.25, 0.3) is 0 Å². The maximum absolute atomic E-state index is 12.8. The van der Waals surface area contributed by atoms with Crippen LogP contribution in [-0.4, -0.2) is 42.1 Å². The van der Waals surface area contributed by atoms with E-state index in [0.717, 1.165) is 20.9 Å². The summed E-state index contributed by atoms with van der Waals surface area (Å²) < 4.78 is 35.3. The smallest absolute Gasteiger partial charge is 0.374 e. The van der Waals surface area contributed by atoms with Crippen LogP contribution in [0.4, 0.5) is 9.57 Å². The number of aromatic nitrogens is 2. The summed E-state index contributed by atoms with van der Waals surface area (Å²) in [6.07, 6.45) is 2.93. The van der Waals surface area contributed by atoms with Gasteiger partial charge in [-0.15, -0.1) is 0 Å². The molecule has 0 bridgehead atoms. The Hall–Kier alpha value is -1.67. The molecule has 0 radical (unpaired) electrons. The lowest BCUT2D eigenvalue weighted by Gasteiger charge is -2.29. The third kappa shape index (κ3) is 2.75. The molecular formula is C12H15FN4O2S. The van der Waals surface area contributed by atoms with Gasteiger partial charge in [-0.05, 0) is 31.0 Å². The maximum atomic E-state index is 12.8. The van der Waals surface area contributed by atoms with Crippen molar-refractivity contribution in [1.82, 2.24) is 14.5 Å². The van der Waals surface area contributed by atoms with E-state index in [1.165, 1.54) is 0 Å². The highest BCUT2D eigenvalue weighted by atomic mass is 32.3. The average molecular weight is 298 g/mol. The summed E-state index contributed by atoms with van der Waals surface area (Å²) in [7, 11) is -4.55. The number of fused-ring (bicyclic) bond motifs is 1. The van der Waals surface area contributed by atoms with Crippen LogP contribution in [0.25, 0.3) is 10.9 Å². The van der Waals surface area contributed by atoms with Crippen LogP contribution in [0.15, 0.2) is 24.4 Å². The first-order chi connectivity index (χ1) is 9.52. The topological polar surface area (TPSA) is 78.1 Å². The van der Waals surface area contributed by atoms with Crippen molar-refractivity contribution in [3.8, 4) is 0 Å². The second kappa shape index (κ2) is 5.02. The second-order valence-electron chi connectivity index (χ2n) is 4.93. The van der Waals surface area contributed by atoms with Gasteiger partial charge in [-0.1, -0.05) is 3.89 Å². The van der Waals surface area contributed by atoms with Crippen LogP contribution in [0.1, 0.15) is 12.8 Å². The molecule has 1 aromatic carbocycles. The lowest BCUT2D eigenvalue weighted by molar-refractivity contribution is 0.315. The minimum Gasteiger partial charge on any atom is -0.382 e. The predicted molar refractivity (Wildman–Crippen MR) is 74.3 cm³/mol. The van der Waals surface area contributed by atoms with Gasteiger partial charge >= 0.3 is 10.4 Å². The van der Waals surface area contributed by atoms with Gasteiger partial charge in [-0.3, -0.25) is 5.10 Å². The van der Waals surface area contributed by atoms with Crippen LogP contribution >= 0.6 is 0 Å². The van der Waals surface area contributed by atoms with Crippen LogP contribution < -0.4 is 5.32 Å². The minimum atomic E-state index is -4.55. The number of hydrogen-bond acceptors (Lipinski definition) is 4. The molecule has 0 amide bonds. The predicted octanol–water partition coefficient (Wildman–Crippen LogP) is 1.65. The molecule has 6 nitrogen and oxygen atoms in total. The molecule has 0 aliphatic carbocycles. The zero-order valence-electron chi connectivity index (χ0n) is 10.7. The SMILES string of the molecule is O=S(=O)(F)N1CCC(Nc2ccc3[nH]ncc3c2)CC1. The fraction of sp³-hybridized carbons (Fsp3) is 0.417. The number of halogens is 1. The van der Waals surface area contributed by atoms with E-state index in [-0.39, 0.29) is 19.1 Å².